The average Bonchev–Trinajstić information content (AvgIpc) is 2.96. The van der Waals surface area contributed by atoms with Crippen molar-refractivity contribution in [2.24, 2.45) is 5.92 Å². The second-order valence-corrected chi connectivity index (χ2v) is 9.03. The van der Waals surface area contributed by atoms with Crippen LogP contribution in [0.5, 0.6) is 0 Å². The number of benzene rings is 1. The number of halogens is 5. The molecule has 2 aliphatic rings. The van der Waals surface area contributed by atoms with E-state index in [0.29, 0.717) is 5.56 Å². The highest BCUT2D eigenvalue weighted by atomic mass is 35.7. The minimum atomic E-state index is -4.55. The first kappa shape index (κ1) is 14.3. The molecule has 6 heteroatoms. The normalized spacial score (nSPS) is 29.9. The Morgan fingerprint density at radius 2 is 1.80 bits per heavy atom. The van der Waals surface area contributed by atoms with Gasteiger partial charge in [-0.05, 0) is 67.4 Å². The van der Waals surface area contributed by atoms with Crippen molar-refractivity contribution in [1.82, 2.24) is 0 Å². The molecule has 1 saturated carbocycles. The molecule has 0 N–H and O–H groups in total. The van der Waals surface area contributed by atoms with Crippen LogP contribution in [0.4, 0.5) is 17.6 Å². The van der Waals surface area contributed by atoms with Crippen molar-refractivity contribution in [3.63, 3.8) is 0 Å². The van der Waals surface area contributed by atoms with Crippen LogP contribution in [0.15, 0.2) is 28.0 Å². The van der Waals surface area contributed by atoms with Crippen LogP contribution in [0.1, 0.15) is 31.2 Å². The van der Waals surface area contributed by atoms with Crippen LogP contribution in [0, 0.1) is 11.7 Å². The Bertz CT molecular complexity index is 575. The summed E-state index contributed by atoms with van der Waals surface area (Å²) < 4.78 is 54.2. The average molecular weight is 325 g/mol. The van der Waals surface area contributed by atoms with E-state index in [2.05, 4.69) is 0 Å². The number of rotatable bonds is 1. The lowest BCUT2D eigenvalue weighted by atomic mass is 10.1. The van der Waals surface area contributed by atoms with Crippen LogP contribution in [-0.4, -0.2) is 5.51 Å². The van der Waals surface area contributed by atoms with Crippen molar-refractivity contribution in [3.05, 3.63) is 34.5 Å². The van der Waals surface area contributed by atoms with Gasteiger partial charge in [-0.1, -0.05) is 18.9 Å². The molecule has 0 nitrogen and oxygen atoms in total. The molecule has 0 spiro atoms. The fraction of sp³-hybridized carbons (Fsp3) is 0.429. The molecule has 1 atom stereocenters. The largest absolute Gasteiger partial charge is 0.445 e. The molecule has 1 aromatic rings. The Hall–Kier alpha value is -0.680. The standard InChI is InChI=1S/C14H13ClF4S/c15-20(14(17,18)19)12(9-3-1-2-4-9)7-10-5-6-11(16)8-13(10)20/h5-9H,1-4H2. The smallest absolute Gasteiger partial charge is 0.207 e. The molecule has 3 rings (SSSR count). The highest BCUT2D eigenvalue weighted by molar-refractivity contribution is 8.54. The van der Waals surface area contributed by atoms with Gasteiger partial charge in [-0.3, -0.25) is 0 Å². The van der Waals surface area contributed by atoms with E-state index in [1.54, 1.807) is 6.08 Å². The SMILES string of the molecule is Fc1ccc2c(c1)S(Cl)(C(F)(F)F)C(C1CCCC1)=C2. The lowest BCUT2D eigenvalue weighted by Gasteiger charge is -2.36. The van der Waals surface area contributed by atoms with Crippen molar-refractivity contribution in [1.29, 1.82) is 0 Å². The molecule has 1 aliphatic heterocycles. The summed E-state index contributed by atoms with van der Waals surface area (Å²) in [7, 11) is 2.49. The van der Waals surface area contributed by atoms with Crippen molar-refractivity contribution in [3.8, 4) is 0 Å². The lowest BCUT2D eigenvalue weighted by Crippen LogP contribution is -2.19. The number of allylic oxidation sites excluding steroid dienone is 1. The number of fused-ring (bicyclic) bond motifs is 1. The molecule has 0 radical (unpaired) electrons. The van der Waals surface area contributed by atoms with Crippen LogP contribution in [-0.2, 0) is 0 Å². The molecular weight excluding hydrogens is 312 g/mol. The van der Waals surface area contributed by atoms with Crippen molar-refractivity contribution in [2.75, 3.05) is 0 Å². The van der Waals surface area contributed by atoms with E-state index < -0.39 is 20.6 Å². The summed E-state index contributed by atoms with van der Waals surface area (Å²) in [6.07, 6.45) is 4.87. The maximum absolute atomic E-state index is 13.6. The van der Waals surface area contributed by atoms with E-state index in [0.717, 1.165) is 31.7 Å². The quantitative estimate of drug-likeness (QED) is 0.539. The molecule has 0 bridgehead atoms. The van der Waals surface area contributed by atoms with E-state index in [1.165, 1.54) is 12.1 Å². The monoisotopic (exact) mass is 324 g/mol. The van der Waals surface area contributed by atoms with Crippen molar-refractivity contribution < 1.29 is 17.6 Å². The van der Waals surface area contributed by atoms with Crippen LogP contribution >= 0.6 is 19.9 Å². The van der Waals surface area contributed by atoms with Crippen molar-refractivity contribution >= 4 is 26.0 Å². The zero-order valence-corrected chi connectivity index (χ0v) is 12.1. The predicted octanol–water partition coefficient (Wildman–Crippen LogP) is 6.21. The van der Waals surface area contributed by atoms with Crippen LogP contribution in [0.3, 0.4) is 0 Å². The maximum Gasteiger partial charge on any atom is 0.445 e. The molecule has 0 amide bonds. The fourth-order valence-corrected chi connectivity index (χ4v) is 6.44. The zero-order chi connectivity index (χ0) is 14.5. The molecule has 1 fully saturated rings. The Morgan fingerprint density at radius 3 is 2.40 bits per heavy atom. The Kier molecular flexibility index (Phi) is 3.33. The van der Waals surface area contributed by atoms with E-state index in [1.807, 2.05) is 0 Å². The summed E-state index contributed by atoms with van der Waals surface area (Å²) in [6.45, 7) is 0. The molecular formula is C14H13ClF4S. The third-order valence-electron chi connectivity index (χ3n) is 3.98. The summed E-state index contributed by atoms with van der Waals surface area (Å²) in [4.78, 5) is 0.179. The van der Waals surface area contributed by atoms with Gasteiger partial charge in [0.2, 0.25) is 0 Å². The summed E-state index contributed by atoms with van der Waals surface area (Å²) in [5, 5.41) is 0. The van der Waals surface area contributed by atoms with Gasteiger partial charge in [0.1, 0.15) is 5.82 Å². The summed E-state index contributed by atoms with van der Waals surface area (Å²) in [6, 6.07) is 3.52. The number of hydrogen-bond donors (Lipinski definition) is 0. The van der Waals surface area contributed by atoms with Gasteiger partial charge < -0.3 is 0 Å². The first-order chi connectivity index (χ1) is 9.34. The van der Waals surface area contributed by atoms with Gasteiger partial charge in [-0.2, -0.15) is 13.2 Å². The lowest BCUT2D eigenvalue weighted by molar-refractivity contribution is -0.0361. The predicted molar refractivity (Wildman–Crippen MR) is 74.1 cm³/mol. The minimum Gasteiger partial charge on any atom is -0.207 e. The van der Waals surface area contributed by atoms with E-state index in [9.17, 15) is 17.6 Å². The first-order valence-corrected chi connectivity index (χ1v) is 8.90. The molecule has 1 unspecified atom stereocenters. The van der Waals surface area contributed by atoms with Gasteiger partial charge in [-0.25, -0.2) is 4.39 Å². The summed E-state index contributed by atoms with van der Waals surface area (Å²) >= 11 is 0. The highest BCUT2D eigenvalue weighted by Gasteiger charge is 2.57. The Morgan fingerprint density at radius 1 is 1.15 bits per heavy atom. The van der Waals surface area contributed by atoms with Gasteiger partial charge >= 0.3 is 5.51 Å². The van der Waals surface area contributed by atoms with E-state index >= 15 is 0 Å². The Balaban J connectivity index is 2.16. The fourth-order valence-electron chi connectivity index (χ4n) is 3.05. The Labute approximate surface area is 120 Å². The molecule has 20 heavy (non-hydrogen) atoms. The van der Waals surface area contributed by atoms with Gasteiger partial charge in [0.25, 0.3) is 0 Å². The van der Waals surface area contributed by atoms with Crippen LogP contribution in [0.2, 0.25) is 0 Å². The maximum atomic E-state index is 13.6. The summed E-state index contributed by atoms with van der Waals surface area (Å²) in [5.41, 5.74) is -4.14. The van der Waals surface area contributed by atoms with Crippen molar-refractivity contribution in [2.45, 2.75) is 36.1 Å². The zero-order valence-electron chi connectivity index (χ0n) is 10.5. The molecule has 0 aromatic heterocycles. The molecule has 1 aromatic carbocycles. The third kappa shape index (κ3) is 1.98. The van der Waals surface area contributed by atoms with Gasteiger partial charge in [0.05, 0.1) is 0 Å². The second kappa shape index (κ2) is 4.67. The number of hydrogen-bond acceptors (Lipinski definition) is 0. The van der Waals surface area contributed by atoms with Gasteiger partial charge in [0, 0.05) is 4.90 Å². The van der Waals surface area contributed by atoms with Crippen LogP contribution in [0.25, 0.3) is 6.08 Å². The highest BCUT2D eigenvalue weighted by Crippen LogP contribution is 2.81. The molecule has 1 heterocycles. The topological polar surface area (TPSA) is 0 Å². The van der Waals surface area contributed by atoms with Gasteiger partial charge in [0.15, 0.2) is 0 Å². The van der Waals surface area contributed by atoms with Gasteiger partial charge in [-0.15, -0.1) is 0 Å². The second-order valence-electron chi connectivity index (χ2n) is 5.19. The van der Waals surface area contributed by atoms with E-state index in [4.69, 9.17) is 10.7 Å². The summed E-state index contributed by atoms with van der Waals surface area (Å²) in [5.74, 6) is -0.800. The molecule has 0 saturated heterocycles. The number of alkyl halides is 3. The minimum absolute atomic E-state index is 0.0893. The van der Waals surface area contributed by atoms with E-state index in [-0.39, 0.29) is 15.7 Å². The van der Waals surface area contributed by atoms with Crippen LogP contribution < -0.4 is 0 Å². The molecule has 110 valence electrons. The first-order valence-electron chi connectivity index (χ1n) is 6.44. The third-order valence-corrected chi connectivity index (χ3v) is 8.23. The molecule has 1 aliphatic carbocycles.